The smallest absolute Gasteiger partial charge is 0.146 e. The standard InChI is InChI=1S/C9H18N2O/c1-2-9(12)7-11-8-3-5-10-6-4-8/h8,10-11H,2-7H2,1H3. The van der Waals surface area contributed by atoms with Gasteiger partial charge in [-0.2, -0.15) is 0 Å². The van der Waals surface area contributed by atoms with E-state index in [4.69, 9.17) is 0 Å². The van der Waals surface area contributed by atoms with Crippen LogP contribution in [0.4, 0.5) is 0 Å². The Hall–Kier alpha value is -0.410. The van der Waals surface area contributed by atoms with Crippen molar-refractivity contribution in [3.05, 3.63) is 0 Å². The van der Waals surface area contributed by atoms with E-state index in [2.05, 4.69) is 10.6 Å². The summed E-state index contributed by atoms with van der Waals surface area (Å²) in [4.78, 5) is 11.0. The number of ketones is 1. The second kappa shape index (κ2) is 5.27. The van der Waals surface area contributed by atoms with E-state index >= 15 is 0 Å². The van der Waals surface area contributed by atoms with Crippen LogP contribution < -0.4 is 10.6 Å². The Labute approximate surface area is 73.9 Å². The molecule has 1 aliphatic heterocycles. The quantitative estimate of drug-likeness (QED) is 0.638. The fraction of sp³-hybridized carbons (Fsp3) is 0.889. The van der Waals surface area contributed by atoms with Gasteiger partial charge in [0.05, 0.1) is 6.54 Å². The molecule has 0 aromatic carbocycles. The van der Waals surface area contributed by atoms with Crippen molar-refractivity contribution in [2.45, 2.75) is 32.2 Å². The lowest BCUT2D eigenvalue weighted by molar-refractivity contribution is -0.118. The Balaban J connectivity index is 2.09. The average molecular weight is 170 g/mol. The van der Waals surface area contributed by atoms with Gasteiger partial charge in [0.2, 0.25) is 0 Å². The molecule has 1 rings (SSSR count). The predicted octanol–water partition coefficient (Wildman–Crippen LogP) is 0.307. The second-order valence-corrected chi connectivity index (χ2v) is 3.30. The summed E-state index contributed by atoms with van der Waals surface area (Å²) in [5.74, 6) is 0.313. The molecule has 12 heavy (non-hydrogen) atoms. The van der Waals surface area contributed by atoms with Crippen molar-refractivity contribution in [3.8, 4) is 0 Å². The number of Topliss-reactive ketones (excluding diaryl/α,β-unsaturated/α-hetero) is 1. The Morgan fingerprint density at radius 2 is 2.17 bits per heavy atom. The van der Waals surface area contributed by atoms with E-state index in [1.807, 2.05) is 6.92 Å². The zero-order valence-corrected chi connectivity index (χ0v) is 7.73. The summed E-state index contributed by atoms with van der Waals surface area (Å²) in [5, 5.41) is 6.57. The third kappa shape index (κ3) is 3.32. The topological polar surface area (TPSA) is 41.1 Å². The summed E-state index contributed by atoms with van der Waals surface area (Å²) in [5.41, 5.74) is 0. The van der Waals surface area contributed by atoms with Gasteiger partial charge in [0.15, 0.2) is 0 Å². The number of rotatable bonds is 4. The van der Waals surface area contributed by atoms with E-state index in [9.17, 15) is 4.79 Å². The molecule has 0 bridgehead atoms. The Morgan fingerprint density at radius 1 is 1.50 bits per heavy atom. The van der Waals surface area contributed by atoms with Crippen LogP contribution in [0.1, 0.15) is 26.2 Å². The van der Waals surface area contributed by atoms with Gasteiger partial charge in [0.1, 0.15) is 5.78 Å². The third-order valence-corrected chi connectivity index (χ3v) is 2.32. The first kappa shape index (κ1) is 9.68. The third-order valence-electron chi connectivity index (χ3n) is 2.32. The second-order valence-electron chi connectivity index (χ2n) is 3.30. The highest BCUT2D eigenvalue weighted by Crippen LogP contribution is 2.01. The monoisotopic (exact) mass is 170 g/mol. The summed E-state index contributed by atoms with van der Waals surface area (Å²) in [6.07, 6.45) is 2.95. The van der Waals surface area contributed by atoms with Gasteiger partial charge in [-0.15, -0.1) is 0 Å². The summed E-state index contributed by atoms with van der Waals surface area (Å²) in [6, 6.07) is 0.557. The van der Waals surface area contributed by atoms with Gasteiger partial charge in [-0.05, 0) is 25.9 Å². The lowest BCUT2D eigenvalue weighted by Crippen LogP contribution is -2.41. The Bertz CT molecular complexity index is 141. The lowest BCUT2D eigenvalue weighted by atomic mass is 10.1. The maximum atomic E-state index is 11.0. The minimum absolute atomic E-state index is 0.313. The number of carbonyl (C=O) groups excluding carboxylic acids is 1. The molecule has 0 aromatic heterocycles. The van der Waals surface area contributed by atoms with Crippen molar-refractivity contribution < 1.29 is 4.79 Å². The molecule has 1 saturated heterocycles. The van der Waals surface area contributed by atoms with E-state index in [0.717, 1.165) is 25.9 Å². The van der Waals surface area contributed by atoms with Crippen LogP contribution in [0.3, 0.4) is 0 Å². The molecular weight excluding hydrogens is 152 g/mol. The maximum Gasteiger partial charge on any atom is 0.146 e. The molecule has 0 atom stereocenters. The van der Waals surface area contributed by atoms with E-state index in [1.165, 1.54) is 0 Å². The van der Waals surface area contributed by atoms with Crippen molar-refractivity contribution in [1.29, 1.82) is 0 Å². The lowest BCUT2D eigenvalue weighted by Gasteiger charge is -2.23. The molecule has 0 aliphatic carbocycles. The molecule has 0 amide bonds. The van der Waals surface area contributed by atoms with Crippen LogP contribution in [0.25, 0.3) is 0 Å². The van der Waals surface area contributed by atoms with E-state index in [1.54, 1.807) is 0 Å². The van der Waals surface area contributed by atoms with Crippen molar-refractivity contribution in [3.63, 3.8) is 0 Å². The van der Waals surface area contributed by atoms with E-state index in [-0.39, 0.29) is 0 Å². The first-order chi connectivity index (χ1) is 5.83. The zero-order chi connectivity index (χ0) is 8.81. The van der Waals surface area contributed by atoms with Crippen LogP contribution in [-0.4, -0.2) is 31.5 Å². The first-order valence-electron chi connectivity index (χ1n) is 4.78. The van der Waals surface area contributed by atoms with Gasteiger partial charge in [-0.3, -0.25) is 4.79 Å². The molecular formula is C9H18N2O. The molecule has 2 N–H and O–H groups in total. The molecule has 3 heteroatoms. The van der Waals surface area contributed by atoms with Crippen LogP contribution in [0.2, 0.25) is 0 Å². The molecule has 0 saturated carbocycles. The van der Waals surface area contributed by atoms with Gasteiger partial charge in [-0.25, -0.2) is 0 Å². The number of hydrogen-bond donors (Lipinski definition) is 2. The minimum Gasteiger partial charge on any atom is -0.317 e. The first-order valence-corrected chi connectivity index (χ1v) is 4.78. The normalized spacial score (nSPS) is 19.4. The van der Waals surface area contributed by atoms with Crippen molar-refractivity contribution >= 4 is 5.78 Å². The van der Waals surface area contributed by atoms with Crippen molar-refractivity contribution in [2.75, 3.05) is 19.6 Å². The highest BCUT2D eigenvalue weighted by atomic mass is 16.1. The van der Waals surface area contributed by atoms with Crippen LogP contribution >= 0.6 is 0 Å². The average Bonchev–Trinajstić information content (AvgIpc) is 2.16. The number of piperidine rings is 1. The van der Waals surface area contributed by atoms with Crippen LogP contribution in [0.15, 0.2) is 0 Å². The maximum absolute atomic E-state index is 11.0. The Kier molecular flexibility index (Phi) is 4.25. The highest BCUT2D eigenvalue weighted by Gasteiger charge is 2.12. The molecule has 1 aliphatic rings. The number of nitrogens with one attached hydrogen (secondary N) is 2. The zero-order valence-electron chi connectivity index (χ0n) is 7.73. The molecule has 0 aromatic rings. The minimum atomic E-state index is 0.313. The van der Waals surface area contributed by atoms with E-state index < -0.39 is 0 Å². The van der Waals surface area contributed by atoms with Gasteiger partial charge < -0.3 is 10.6 Å². The SMILES string of the molecule is CCC(=O)CNC1CCNCC1. The summed E-state index contributed by atoms with van der Waals surface area (Å²) in [7, 11) is 0. The van der Waals surface area contributed by atoms with Gasteiger partial charge in [-0.1, -0.05) is 6.92 Å². The molecule has 0 radical (unpaired) electrons. The van der Waals surface area contributed by atoms with Crippen molar-refractivity contribution in [1.82, 2.24) is 10.6 Å². The van der Waals surface area contributed by atoms with Gasteiger partial charge >= 0.3 is 0 Å². The molecule has 1 fully saturated rings. The van der Waals surface area contributed by atoms with Crippen LogP contribution in [0, 0.1) is 0 Å². The van der Waals surface area contributed by atoms with E-state index in [0.29, 0.717) is 24.8 Å². The van der Waals surface area contributed by atoms with Gasteiger partial charge in [0, 0.05) is 12.5 Å². The highest BCUT2D eigenvalue weighted by molar-refractivity contribution is 5.80. The fourth-order valence-corrected chi connectivity index (χ4v) is 1.41. The Morgan fingerprint density at radius 3 is 2.75 bits per heavy atom. The molecule has 0 spiro atoms. The van der Waals surface area contributed by atoms with Crippen LogP contribution in [0.5, 0.6) is 0 Å². The van der Waals surface area contributed by atoms with Gasteiger partial charge in [0.25, 0.3) is 0 Å². The predicted molar refractivity (Wildman–Crippen MR) is 49.2 cm³/mol. The fourth-order valence-electron chi connectivity index (χ4n) is 1.41. The molecule has 70 valence electrons. The molecule has 0 unspecified atom stereocenters. The summed E-state index contributed by atoms with van der Waals surface area (Å²) < 4.78 is 0. The largest absolute Gasteiger partial charge is 0.317 e. The van der Waals surface area contributed by atoms with Crippen LogP contribution in [-0.2, 0) is 4.79 Å². The molecule has 3 nitrogen and oxygen atoms in total. The summed E-state index contributed by atoms with van der Waals surface area (Å²) in [6.45, 7) is 4.63. The summed E-state index contributed by atoms with van der Waals surface area (Å²) >= 11 is 0. The number of hydrogen-bond acceptors (Lipinski definition) is 3. The van der Waals surface area contributed by atoms with Crippen molar-refractivity contribution in [2.24, 2.45) is 0 Å². The molecule has 1 heterocycles. The number of carbonyl (C=O) groups is 1.